The highest BCUT2D eigenvalue weighted by atomic mass is 79.9. The van der Waals surface area contributed by atoms with E-state index in [0.717, 1.165) is 12.1 Å². The summed E-state index contributed by atoms with van der Waals surface area (Å²) in [5.41, 5.74) is -0.489. The van der Waals surface area contributed by atoms with E-state index in [1.807, 2.05) is 0 Å². The molecular weight excluding hydrogens is 353 g/mol. The molecule has 1 rings (SSSR count). The Balaban J connectivity index is 3.23. The molecule has 0 aromatic heterocycles. The fourth-order valence-corrected chi connectivity index (χ4v) is 1.93. The molecule has 1 nitrogen and oxygen atoms in total. The van der Waals surface area contributed by atoms with Crippen LogP contribution in [0.3, 0.4) is 0 Å². The summed E-state index contributed by atoms with van der Waals surface area (Å²) in [6.45, 7) is 1.31. The monoisotopic (exact) mass is 358 g/mol. The van der Waals surface area contributed by atoms with Gasteiger partial charge in [-0.15, -0.1) is 0 Å². The molecule has 1 aromatic carbocycles. The van der Waals surface area contributed by atoms with Crippen LogP contribution in [0.15, 0.2) is 22.7 Å². The summed E-state index contributed by atoms with van der Waals surface area (Å²) in [5, 5.41) is 0. The first-order valence-corrected chi connectivity index (χ1v) is 5.95. The standard InChI is InChI=1S/C10H7Br2F3O/c1-5(16)9(12)6-2-7(10(13,14)15)4-8(11)3-6/h2-4,9H,1H3. The number of carbonyl (C=O) groups excluding carboxylic acids is 1. The molecule has 1 aromatic rings. The molecule has 0 aliphatic carbocycles. The zero-order chi connectivity index (χ0) is 12.5. The molecule has 0 bridgehead atoms. The Morgan fingerprint density at radius 2 is 1.88 bits per heavy atom. The second-order valence-electron chi connectivity index (χ2n) is 3.24. The van der Waals surface area contributed by atoms with Crippen LogP contribution >= 0.6 is 31.9 Å². The van der Waals surface area contributed by atoms with Crippen LogP contribution < -0.4 is 0 Å². The number of Topliss-reactive ketones (excluding diaryl/α,β-unsaturated/α-hetero) is 1. The number of rotatable bonds is 2. The molecule has 0 aliphatic heterocycles. The van der Waals surface area contributed by atoms with Crippen LogP contribution in [0.5, 0.6) is 0 Å². The van der Waals surface area contributed by atoms with Gasteiger partial charge in [-0.3, -0.25) is 4.79 Å². The fourth-order valence-electron chi connectivity index (χ4n) is 1.16. The van der Waals surface area contributed by atoms with Gasteiger partial charge in [0.15, 0.2) is 0 Å². The Morgan fingerprint density at radius 1 is 1.31 bits per heavy atom. The van der Waals surface area contributed by atoms with E-state index in [0.29, 0.717) is 4.47 Å². The molecule has 1 atom stereocenters. The van der Waals surface area contributed by atoms with E-state index in [9.17, 15) is 18.0 Å². The third-order valence-corrected chi connectivity index (χ3v) is 3.53. The van der Waals surface area contributed by atoms with E-state index in [4.69, 9.17) is 0 Å². The van der Waals surface area contributed by atoms with E-state index < -0.39 is 16.6 Å². The van der Waals surface area contributed by atoms with Crippen molar-refractivity contribution in [3.05, 3.63) is 33.8 Å². The minimum atomic E-state index is -4.41. The largest absolute Gasteiger partial charge is 0.416 e. The Kier molecular flexibility index (Phi) is 4.17. The summed E-state index contributed by atoms with van der Waals surface area (Å²) >= 11 is 6.04. The van der Waals surface area contributed by atoms with Crippen LogP contribution in [-0.4, -0.2) is 5.78 Å². The van der Waals surface area contributed by atoms with Gasteiger partial charge in [0.1, 0.15) is 5.78 Å². The molecule has 0 fully saturated rings. The highest BCUT2D eigenvalue weighted by Crippen LogP contribution is 2.35. The van der Waals surface area contributed by atoms with Gasteiger partial charge in [0.2, 0.25) is 0 Å². The van der Waals surface area contributed by atoms with Gasteiger partial charge < -0.3 is 0 Å². The molecule has 0 amide bonds. The number of carbonyl (C=O) groups is 1. The highest BCUT2D eigenvalue weighted by molar-refractivity contribution is 9.10. The average molecular weight is 360 g/mol. The Labute approximate surface area is 107 Å². The number of alkyl halides is 4. The van der Waals surface area contributed by atoms with Gasteiger partial charge in [-0.25, -0.2) is 0 Å². The van der Waals surface area contributed by atoms with Crippen LogP contribution in [-0.2, 0) is 11.0 Å². The third kappa shape index (κ3) is 3.31. The molecule has 16 heavy (non-hydrogen) atoms. The van der Waals surface area contributed by atoms with Crippen LogP contribution in [0.2, 0.25) is 0 Å². The lowest BCUT2D eigenvalue weighted by Crippen LogP contribution is -2.08. The van der Waals surface area contributed by atoms with E-state index in [1.54, 1.807) is 0 Å². The molecule has 1 unspecified atom stereocenters. The Bertz CT molecular complexity index is 415. The predicted molar refractivity (Wildman–Crippen MR) is 61.5 cm³/mol. The van der Waals surface area contributed by atoms with Crippen molar-refractivity contribution in [3.63, 3.8) is 0 Å². The smallest absolute Gasteiger partial charge is 0.298 e. The summed E-state index contributed by atoms with van der Waals surface area (Å²) < 4.78 is 37.8. The van der Waals surface area contributed by atoms with Crippen molar-refractivity contribution >= 4 is 37.6 Å². The van der Waals surface area contributed by atoms with Gasteiger partial charge >= 0.3 is 6.18 Å². The first kappa shape index (κ1) is 13.7. The van der Waals surface area contributed by atoms with E-state index in [2.05, 4.69) is 31.9 Å². The summed E-state index contributed by atoms with van der Waals surface area (Å²) in [6.07, 6.45) is -4.41. The summed E-state index contributed by atoms with van der Waals surface area (Å²) in [7, 11) is 0. The lowest BCUT2D eigenvalue weighted by molar-refractivity contribution is -0.137. The molecule has 0 spiro atoms. The maximum Gasteiger partial charge on any atom is 0.416 e. The molecule has 6 heteroatoms. The molecule has 0 saturated carbocycles. The van der Waals surface area contributed by atoms with E-state index in [-0.39, 0.29) is 11.3 Å². The van der Waals surface area contributed by atoms with Crippen molar-refractivity contribution in [1.82, 2.24) is 0 Å². The normalized spacial score (nSPS) is 13.6. The SMILES string of the molecule is CC(=O)C(Br)c1cc(Br)cc(C(F)(F)F)c1. The average Bonchev–Trinajstić information content (AvgIpc) is 2.14. The lowest BCUT2D eigenvalue weighted by Gasteiger charge is -2.12. The van der Waals surface area contributed by atoms with Crippen molar-refractivity contribution in [2.24, 2.45) is 0 Å². The molecular formula is C10H7Br2F3O. The molecule has 88 valence electrons. The minimum Gasteiger partial charge on any atom is -0.298 e. The minimum absolute atomic E-state index is 0.244. The van der Waals surface area contributed by atoms with Gasteiger partial charge in [0.05, 0.1) is 10.4 Å². The van der Waals surface area contributed by atoms with Crippen LogP contribution in [0.1, 0.15) is 22.9 Å². The lowest BCUT2D eigenvalue weighted by atomic mass is 10.1. The van der Waals surface area contributed by atoms with Crippen LogP contribution in [0.4, 0.5) is 13.2 Å². The summed E-state index contributed by atoms with van der Waals surface area (Å²) in [5.74, 6) is -0.244. The predicted octanol–water partition coefficient (Wildman–Crippen LogP) is 4.49. The first-order valence-electron chi connectivity index (χ1n) is 4.24. The number of benzene rings is 1. The van der Waals surface area contributed by atoms with Crippen molar-refractivity contribution in [1.29, 1.82) is 0 Å². The molecule has 0 N–H and O–H groups in total. The summed E-state index contributed by atoms with van der Waals surface area (Å²) in [4.78, 5) is 10.4. The van der Waals surface area contributed by atoms with Crippen LogP contribution in [0.25, 0.3) is 0 Å². The van der Waals surface area contributed by atoms with E-state index >= 15 is 0 Å². The Hall–Kier alpha value is -0.360. The van der Waals surface area contributed by atoms with Crippen molar-refractivity contribution in [3.8, 4) is 0 Å². The maximum atomic E-state index is 12.5. The highest BCUT2D eigenvalue weighted by Gasteiger charge is 2.31. The van der Waals surface area contributed by atoms with Gasteiger partial charge in [0.25, 0.3) is 0 Å². The zero-order valence-corrected chi connectivity index (χ0v) is 11.3. The quantitative estimate of drug-likeness (QED) is 0.711. The first-order chi connectivity index (χ1) is 7.21. The summed E-state index contributed by atoms with van der Waals surface area (Å²) in [6, 6.07) is 3.42. The van der Waals surface area contributed by atoms with Gasteiger partial charge in [-0.1, -0.05) is 31.9 Å². The molecule has 0 radical (unpaired) electrons. The van der Waals surface area contributed by atoms with Crippen LogP contribution in [0, 0.1) is 0 Å². The second-order valence-corrected chi connectivity index (χ2v) is 5.08. The Morgan fingerprint density at radius 3 is 2.31 bits per heavy atom. The fraction of sp³-hybridized carbons (Fsp3) is 0.300. The number of halogens is 5. The zero-order valence-electron chi connectivity index (χ0n) is 8.11. The van der Waals surface area contributed by atoms with Gasteiger partial charge in [-0.2, -0.15) is 13.2 Å². The second kappa shape index (κ2) is 4.87. The van der Waals surface area contributed by atoms with Crippen molar-refractivity contribution < 1.29 is 18.0 Å². The van der Waals surface area contributed by atoms with Gasteiger partial charge in [-0.05, 0) is 30.7 Å². The molecule has 0 saturated heterocycles. The number of ketones is 1. The molecule has 0 heterocycles. The third-order valence-electron chi connectivity index (χ3n) is 1.90. The van der Waals surface area contributed by atoms with E-state index in [1.165, 1.54) is 13.0 Å². The van der Waals surface area contributed by atoms with Crippen molar-refractivity contribution in [2.45, 2.75) is 17.9 Å². The van der Waals surface area contributed by atoms with Crippen molar-refractivity contribution in [2.75, 3.05) is 0 Å². The number of hydrogen-bond donors (Lipinski definition) is 0. The number of hydrogen-bond acceptors (Lipinski definition) is 1. The topological polar surface area (TPSA) is 17.1 Å². The molecule has 0 aliphatic rings. The maximum absolute atomic E-state index is 12.5. The van der Waals surface area contributed by atoms with Gasteiger partial charge in [0, 0.05) is 4.47 Å².